The molecule has 0 saturated heterocycles. The van der Waals surface area contributed by atoms with Crippen molar-refractivity contribution in [3.05, 3.63) is 83.4 Å². The van der Waals surface area contributed by atoms with Crippen LogP contribution in [0.2, 0.25) is 18.1 Å². The van der Waals surface area contributed by atoms with E-state index in [4.69, 9.17) is 8.84 Å². The highest BCUT2D eigenvalue weighted by molar-refractivity contribution is 6.74. The first-order valence-electron chi connectivity index (χ1n) is 12.3. The zero-order valence-corrected chi connectivity index (χ0v) is 22.9. The van der Waals surface area contributed by atoms with E-state index < -0.39 is 14.3 Å². The van der Waals surface area contributed by atoms with Gasteiger partial charge in [0.1, 0.15) is 17.6 Å². The molecule has 1 heterocycles. The van der Waals surface area contributed by atoms with Crippen molar-refractivity contribution in [2.24, 2.45) is 0 Å². The Bertz CT molecular complexity index is 1400. The minimum absolute atomic E-state index is 0.0727. The molecule has 6 heteroatoms. The van der Waals surface area contributed by atoms with E-state index in [1.54, 1.807) is 18.2 Å². The second kappa shape index (κ2) is 10.0. The molecule has 188 valence electrons. The molecule has 0 N–H and O–H groups in total. The van der Waals surface area contributed by atoms with Gasteiger partial charge in [0.2, 0.25) is 0 Å². The van der Waals surface area contributed by atoms with Gasteiger partial charge in [-0.3, -0.25) is 9.59 Å². The molecule has 0 bridgehead atoms. The van der Waals surface area contributed by atoms with Crippen LogP contribution in [0.25, 0.3) is 21.9 Å². The van der Waals surface area contributed by atoms with Crippen molar-refractivity contribution in [2.75, 3.05) is 7.11 Å². The monoisotopic (exact) mass is 502 g/mol. The summed E-state index contributed by atoms with van der Waals surface area (Å²) in [7, 11) is -0.785. The summed E-state index contributed by atoms with van der Waals surface area (Å²) in [4.78, 5) is 24.2. The fourth-order valence-corrected chi connectivity index (χ4v) is 5.35. The SMILES string of the molecule is COC(=O)CC(=O)c1ccc2oc3ccc(C(Cc4ccccc4)O[Si](C)(C)C(C)(C)C)cc3c2c1. The number of rotatable bonds is 8. The van der Waals surface area contributed by atoms with Crippen LogP contribution in [0.3, 0.4) is 0 Å². The number of Topliss-reactive ketones (excluding diaryl/α,β-unsaturated/α-hetero) is 1. The molecule has 1 unspecified atom stereocenters. The molecular formula is C30H34O5Si. The number of hydrogen-bond acceptors (Lipinski definition) is 5. The van der Waals surface area contributed by atoms with Crippen LogP contribution in [-0.4, -0.2) is 27.2 Å². The molecule has 0 fully saturated rings. The first kappa shape index (κ1) is 25.9. The lowest BCUT2D eigenvalue weighted by Crippen LogP contribution is -2.42. The molecule has 0 aliphatic rings. The number of ketones is 1. The Labute approximate surface area is 213 Å². The quantitative estimate of drug-likeness (QED) is 0.107. The molecule has 5 nitrogen and oxygen atoms in total. The van der Waals surface area contributed by atoms with Crippen LogP contribution in [0.4, 0.5) is 0 Å². The van der Waals surface area contributed by atoms with Crippen molar-refractivity contribution in [1.29, 1.82) is 0 Å². The predicted octanol–water partition coefficient (Wildman–Crippen LogP) is 7.64. The van der Waals surface area contributed by atoms with Crippen LogP contribution in [-0.2, 0) is 20.4 Å². The van der Waals surface area contributed by atoms with Crippen molar-refractivity contribution < 1.29 is 23.2 Å². The molecule has 4 aromatic rings. The molecule has 0 aliphatic heterocycles. The fraction of sp³-hybridized carbons (Fsp3) is 0.333. The molecule has 4 rings (SSSR count). The van der Waals surface area contributed by atoms with Gasteiger partial charge in [-0.1, -0.05) is 57.2 Å². The zero-order valence-electron chi connectivity index (χ0n) is 21.9. The second-order valence-electron chi connectivity index (χ2n) is 10.8. The van der Waals surface area contributed by atoms with Gasteiger partial charge in [-0.15, -0.1) is 0 Å². The fourth-order valence-electron chi connectivity index (χ4n) is 4.06. The van der Waals surface area contributed by atoms with Crippen molar-refractivity contribution in [3.63, 3.8) is 0 Å². The maximum absolute atomic E-state index is 12.6. The summed E-state index contributed by atoms with van der Waals surface area (Å²) in [5, 5.41) is 1.84. The average Bonchev–Trinajstić information content (AvgIpc) is 3.20. The van der Waals surface area contributed by atoms with E-state index in [2.05, 4.69) is 75.0 Å². The van der Waals surface area contributed by atoms with Crippen LogP contribution in [0.15, 0.2) is 71.1 Å². The minimum atomic E-state index is -2.06. The Morgan fingerprint density at radius 2 is 1.56 bits per heavy atom. The lowest BCUT2D eigenvalue weighted by atomic mass is 9.99. The van der Waals surface area contributed by atoms with Crippen molar-refractivity contribution in [1.82, 2.24) is 0 Å². The maximum Gasteiger partial charge on any atom is 0.313 e. The van der Waals surface area contributed by atoms with Crippen molar-refractivity contribution >= 4 is 42.0 Å². The molecular weight excluding hydrogens is 468 g/mol. The molecule has 0 spiro atoms. The summed E-state index contributed by atoms with van der Waals surface area (Å²) in [5.41, 5.74) is 4.19. The van der Waals surface area contributed by atoms with Crippen LogP contribution in [0.5, 0.6) is 0 Å². The van der Waals surface area contributed by atoms with Gasteiger partial charge in [-0.2, -0.15) is 0 Å². The van der Waals surface area contributed by atoms with E-state index in [9.17, 15) is 9.59 Å². The molecule has 0 amide bonds. The topological polar surface area (TPSA) is 65.7 Å². The van der Waals surface area contributed by atoms with Gasteiger partial charge < -0.3 is 13.6 Å². The second-order valence-corrected chi connectivity index (χ2v) is 15.6. The number of methoxy groups -OCH3 is 1. The molecule has 0 saturated carbocycles. The Balaban J connectivity index is 1.77. The summed E-state index contributed by atoms with van der Waals surface area (Å²) in [5.74, 6) is -0.830. The van der Waals surface area contributed by atoms with E-state index >= 15 is 0 Å². The number of ether oxygens (including phenoxy) is 1. The Morgan fingerprint density at radius 3 is 2.19 bits per heavy atom. The van der Waals surface area contributed by atoms with Gasteiger partial charge in [0.05, 0.1) is 13.2 Å². The largest absolute Gasteiger partial charge is 0.469 e. The summed E-state index contributed by atoms with van der Waals surface area (Å²) < 4.78 is 17.7. The van der Waals surface area contributed by atoms with E-state index in [1.807, 2.05) is 12.1 Å². The minimum Gasteiger partial charge on any atom is -0.469 e. The van der Waals surface area contributed by atoms with Crippen molar-refractivity contribution in [3.8, 4) is 0 Å². The van der Waals surface area contributed by atoms with Gasteiger partial charge in [0.15, 0.2) is 14.1 Å². The van der Waals surface area contributed by atoms with Crippen LogP contribution < -0.4 is 0 Å². The smallest absolute Gasteiger partial charge is 0.313 e. The molecule has 0 aliphatic carbocycles. The van der Waals surface area contributed by atoms with Gasteiger partial charge in [-0.25, -0.2) is 0 Å². The molecule has 36 heavy (non-hydrogen) atoms. The third-order valence-electron chi connectivity index (χ3n) is 7.23. The number of carbonyl (C=O) groups is 2. The first-order chi connectivity index (χ1) is 17.0. The van der Waals surface area contributed by atoms with Crippen molar-refractivity contribution in [2.45, 2.75) is 57.8 Å². The Hall–Kier alpha value is -3.22. The number of fused-ring (bicyclic) bond motifs is 3. The third-order valence-corrected chi connectivity index (χ3v) is 11.7. The highest BCUT2D eigenvalue weighted by Crippen LogP contribution is 2.41. The van der Waals surface area contributed by atoms with E-state index in [-0.39, 0.29) is 23.3 Å². The number of furan rings is 1. The molecule has 1 aromatic heterocycles. The number of benzene rings is 3. The number of esters is 1. The summed E-state index contributed by atoms with van der Waals surface area (Å²) >= 11 is 0. The van der Waals surface area contributed by atoms with Crippen LogP contribution in [0, 0.1) is 0 Å². The highest BCUT2D eigenvalue weighted by atomic mass is 28.4. The van der Waals surface area contributed by atoms with Gasteiger partial charge in [0, 0.05) is 22.8 Å². The molecule has 0 radical (unpaired) electrons. The maximum atomic E-state index is 12.6. The first-order valence-corrected chi connectivity index (χ1v) is 15.2. The number of hydrogen-bond donors (Lipinski definition) is 0. The van der Waals surface area contributed by atoms with Gasteiger partial charge in [-0.05, 0) is 59.6 Å². The zero-order chi connectivity index (χ0) is 26.1. The summed E-state index contributed by atoms with van der Waals surface area (Å²) in [6.45, 7) is 11.3. The van der Waals surface area contributed by atoms with Crippen LogP contribution >= 0.6 is 0 Å². The predicted molar refractivity (Wildman–Crippen MR) is 146 cm³/mol. The molecule has 1 atom stereocenters. The number of carbonyl (C=O) groups excluding carboxylic acids is 2. The molecule has 3 aromatic carbocycles. The van der Waals surface area contributed by atoms with E-state index in [0.29, 0.717) is 11.1 Å². The van der Waals surface area contributed by atoms with Crippen LogP contribution in [0.1, 0.15) is 54.8 Å². The van der Waals surface area contributed by atoms with Gasteiger partial charge in [0.25, 0.3) is 0 Å². The average molecular weight is 503 g/mol. The lowest BCUT2D eigenvalue weighted by Gasteiger charge is -2.39. The van der Waals surface area contributed by atoms with E-state index in [1.165, 1.54) is 12.7 Å². The normalized spacial score (nSPS) is 13.2. The van der Waals surface area contributed by atoms with Gasteiger partial charge >= 0.3 is 5.97 Å². The third kappa shape index (κ3) is 5.45. The highest BCUT2D eigenvalue weighted by Gasteiger charge is 2.39. The summed E-state index contributed by atoms with van der Waals surface area (Å²) in [6, 6.07) is 21.9. The Kier molecular flexibility index (Phi) is 7.21. The summed E-state index contributed by atoms with van der Waals surface area (Å²) in [6.07, 6.45) is 0.354. The Morgan fingerprint density at radius 1 is 0.917 bits per heavy atom. The van der Waals surface area contributed by atoms with E-state index in [0.717, 1.165) is 28.3 Å². The lowest BCUT2D eigenvalue weighted by molar-refractivity contribution is -0.139. The standard InChI is InChI=1S/C30H34O5Si/c1-30(2,3)36(5,6)35-28(16-20-10-8-7-9-11-20)22-13-15-27-24(18-22)23-17-21(12-14-26(23)34-27)25(31)19-29(32)33-4/h7-15,17-18,28H,16,19H2,1-6H3.